The molecule has 1 atom stereocenters. The fraction of sp³-hybridized carbons (Fsp3) is 0.429. The molecule has 3 rings (SSSR count). The zero-order valence-corrected chi connectivity index (χ0v) is 12.6. The number of aryl methyl sites for hydroxylation is 1. The third kappa shape index (κ3) is 3.30. The Morgan fingerprint density at radius 3 is 2.90 bits per heavy atom. The van der Waals surface area contributed by atoms with Gasteiger partial charge < -0.3 is 9.84 Å². The van der Waals surface area contributed by atoms with Gasteiger partial charge in [-0.3, -0.25) is 0 Å². The van der Waals surface area contributed by atoms with Crippen LogP contribution >= 0.6 is 0 Å². The number of nitrogens with zero attached hydrogens (tertiary/aromatic N) is 2. The third-order valence-electron chi connectivity index (χ3n) is 3.63. The van der Waals surface area contributed by atoms with Crippen LogP contribution in [0, 0.1) is 6.92 Å². The summed E-state index contributed by atoms with van der Waals surface area (Å²) in [5.74, 6) is 1.47. The number of aromatic nitrogens is 2. The standard InChI is InChI=1S/C14H17N3O3S/c1-10-4-2-3-5-12(10)14-16-13(20-17-14)8-15-11-6-7-21(18,19)9-11/h2-5,11,15H,6-9H2,1H3/t11-/m0/s1. The van der Waals surface area contributed by atoms with Crippen LogP contribution in [0.15, 0.2) is 28.8 Å². The molecular weight excluding hydrogens is 290 g/mol. The molecule has 1 saturated heterocycles. The predicted octanol–water partition coefficient (Wildman–Crippen LogP) is 1.32. The van der Waals surface area contributed by atoms with Gasteiger partial charge in [-0.05, 0) is 18.9 Å². The van der Waals surface area contributed by atoms with Crippen LogP contribution in [0.3, 0.4) is 0 Å². The molecule has 0 amide bonds. The van der Waals surface area contributed by atoms with Crippen molar-refractivity contribution in [2.75, 3.05) is 11.5 Å². The highest BCUT2D eigenvalue weighted by Gasteiger charge is 2.27. The van der Waals surface area contributed by atoms with Gasteiger partial charge in [0.05, 0.1) is 18.1 Å². The highest BCUT2D eigenvalue weighted by Crippen LogP contribution is 2.20. The van der Waals surface area contributed by atoms with Crippen LogP contribution in [0.5, 0.6) is 0 Å². The maximum atomic E-state index is 11.4. The first kappa shape index (κ1) is 14.2. The third-order valence-corrected chi connectivity index (χ3v) is 5.40. The quantitative estimate of drug-likeness (QED) is 0.917. The van der Waals surface area contributed by atoms with Crippen LogP contribution in [-0.4, -0.2) is 36.1 Å². The van der Waals surface area contributed by atoms with Gasteiger partial charge >= 0.3 is 0 Å². The summed E-state index contributed by atoms with van der Waals surface area (Å²) in [5, 5.41) is 7.13. The molecule has 1 aromatic heterocycles. The van der Waals surface area contributed by atoms with E-state index in [9.17, 15) is 8.42 Å². The molecule has 0 aliphatic carbocycles. The van der Waals surface area contributed by atoms with Gasteiger partial charge in [-0.15, -0.1) is 0 Å². The van der Waals surface area contributed by atoms with Gasteiger partial charge in [-0.1, -0.05) is 29.4 Å². The second kappa shape index (κ2) is 5.57. The molecular formula is C14H17N3O3S. The summed E-state index contributed by atoms with van der Waals surface area (Å²) in [6.45, 7) is 2.38. The minimum Gasteiger partial charge on any atom is -0.338 e. The Morgan fingerprint density at radius 2 is 2.19 bits per heavy atom. The highest BCUT2D eigenvalue weighted by molar-refractivity contribution is 7.91. The van der Waals surface area contributed by atoms with Gasteiger partial charge in [-0.25, -0.2) is 8.42 Å². The van der Waals surface area contributed by atoms with E-state index in [-0.39, 0.29) is 17.5 Å². The summed E-state index contributed by atoms with van der Waals surface area (Å²) in [5.41, 5.74) is 2.02. The fourth-order valence-electron chi connectivity index (χ4n) is 2.45. The zero-order valence-electron chi connectivity index (χ0n) is 11.7. The summed E-state index contributed by atoms with van der Waals surface area (Å²) in [7, 11) is -2.87. The van der Waals surface area contributed by atoms with Gasteiger partial charge in [0.25, 0.3) is 0 Å². The Labute approximate surface area is 123 Å². The van der Waals surface area contributed by atoms with Gasteiger partial charge in [0.15, 0.2) is 9.84 Å². The zero-order chi connectivity index (χ0) is 14.9. The molecule has 112 valence electrons. The highest BCUT2D eigenvalue weighted by atomic mass is 32.2. The molecule has 1 aromatic carbocycles. The Hall–Kier alpha value is -1.73. The Bertz CT molecular complexity index is 739. The molecule has 2 aromatic rings. The lowest BCUT2D eigenvalue weighted by Gasteiger charge is -2.07. The Balaban J connectivity index is 1.65. The molecule has 7 heteroatoms. The summed E-state index contributed by atoms with van der Waals surface area (Å²) in [6.07, 6.45) is 0.640. The monoisotopic (exact) mass is 307 g/mol. The van der Waals surface area contributed by atoms with Gasteiger partial charge in [0.2, 0.25) is 11.7 Å². The second-order valence-corrected chi connectivity index (χ2v) is 7.54. The van der Waals surface area contributed by atoms with Crippen molar-refractivity contribution >= 4 is 9.84 Å². The molecule has 21 heavy (non-hydrogen) atoms. The van der Waals surface area contributed by atoms with Crippen LogP contribution in [0.1, 0.15) is 17.9 Å². The van der Waals surface area contributed by atoms with Gasteiger partial charge in [0.1, 0.15) is 0 Å². The average Bonchev–Trinajstić information content (AvgIpc) is 3.03. The fourth-order valence-corrected chi connectivity index (χ4v) is 4.16. The van der Waals surface area contributed by atoms with Crippen LogP contribution in [0.25, 0.3) is 11.4 Å². The molecule has 6 nitrogen and oxygen atoms in total. The average molecular weight is 307 g/mol. The van der Waals surface area contributed by atoms with Crippen molar-refractivity contribution in [2.24, 2.45) is 0 Å². The van der Waals surface area contributed by atoms with Crippen LogP contribution in [-0.2, 0) is 16.4 Å². The normalized spacial score (nSPS) is 20.7. The molecule has 1 aliphatic rings. The maximum Gasteiger partial charge on any atom is 0.240 e. The summed E-state index contributed by atoms with van der Waals surface area (Å²) < 4.78 is 28.0. The molecule has 0 spiro atoms. The lowest BCUT2D eigenvalue weighted by Crippen LogP contribution is -2.29. The molecule has 1 fully saturated rings. The van der Waals surface area contributed by atoms with E-state index in [2.05, 4.69) is 15.5 Å². The smallest absolute Gasteiger partial charge is 0.240 e. The first-order chi connectivity index (χ1) is 10.0. The lowest BCUT2D eigenvalue weighted by molar-refractivity contribution is 0.360. The van der Waals surface area contributed by atoms with E-state index < -0.39 is 9.84 Å². The van der Waals surface area contributed by atoms with Crippen molar-refractivity contribution < 1.29 is 12.9 Å². The summed E-state index contributed by atoms with van der Waals surface area (Å²) >= 11 is 0. The topological polar surface area (TPSA) is 85.1 Å². The van der Waals surface area contributed by atoms with Crippen molar-refractivity contribution in [2.45, 2.75) is 25.9 Å². The van der Waals surface area contributed by atoms with Crippen molar-refractivity contribution in [3.63, 3.8) is 0 Å². The number of sulfone groups is 1. The Morgan fingerprint density at radius 1 is 1.38 bits per heavy atom. The molecule has 1 N–H and O–H groups in total. The number of rotatable bonds is 4. The SMILES string of the molecule is Cc1ccccc1-c1noc(CN[C@H]2CCS(=O)(=O)C2)n1. The molecule has 0 unspecified atom stereocenters. The molecule has 1 aliphatic heterocycles. The van der Waals surface area contributed by atoms with E-state index >= 15 is 0 Å². The molecule has 0 bridgehead atoms. The van der Waals surface area contributed by atoms with Crippen molar-refractivity contribution in [3.05, 3.63) is 35.7 Å². The van der Waals surface area contributed by atoms with E-state index in [1.807, 2.05) is 31.2 Å². The number of benzene rings is 1. The van der Waals surface area contributed by atoms with E-state index in [4.69, 9.17) is 4.52 Å². The van der Waals surface area contributed by atoms with E-state index in [0.29, 0.717) is 24.7 Å². The number of nitrogens with one attached hydrogen (secondary N) is 1. The second-order valence-electron chi connectivity index (χ2n) is 5.31. The van der Waals surface area contributed by atoms with Gasteiger partial charge in [0, 0.05) is 11.6 Å². The van der Waals surface area contributed by atoms with Crippen LogP contribution in [0.2, 0.25) is 0 Å². The predicted molar refractivity (Wildman–Crippen MR) is 78.4 cm³/mol. The van der Waals surface area contributed by atoms with Gasteiger partial charge in [-0.2, -0.15) is 4.98 Å². The van der Waals surface area contributed by atoms with E-state index in [0.717, 1.165) is 11.1 Å². The minimum absolute atomic E-state index is 0.0242. The van der Waals surface area contributed by atoms with Crippen molar-refractivity contribution in [1.82, 2.24) is 15.5 Å². The largest absolute Gasteiger partial charge is 0.338 e. The van der Waals surface area contributed by atoms with E-state index in [1.54, 1.807) is 0 Å². The first-order valence-electron chi connectivity index (χ1n) is 6.86. The van der Waals surface area contributed by atoms with Crippen molar-refractivity contribution in [1.29, 1.82) is 0 Å². The molecule has 2 heterocycles. The van der Waals surface area contributed by atoms with Crippen LogP contribution < -0.4 is 5.32 Å². The Kier molecular flexibility index (Phi) is 3.77. The molecule has 0 saturated carbocycles. The number of hydrogen-bond donors (Lipinski definition) is 1. The summed E-state index contributed by atoms with van der Waals surface area (Å²) in [6, 6.07) is 7.80. The lowest BCUT2D eigenvalue weighted by atomic mass is 10.1. The van der Waals surface area contributed by atoms with Crippen LogP contribution in [0.4, 0.5) is 0 Å². The number of hydrogen-bond acceptors (Lipinski definition) is 6. The summed E-state index contributed by atoms with van der Waals surface area (Å²) in [4.78, 5) is 4.35. The van der Waals surface area contributed by atoms with Crippen molar-refractivity contribution in [3.8, 4) is 11.4 Å². The maximum absolute atomic E-state index is 11.4. The first-order valence-corrected chi connectivity index (χ1v) is 8.68. The van der Waals surface area contributed by atoms with E-state index in [1.165, 1.54) is 0 Å². The minimum atomic E-state index is -2.87. The molecule has 0 radical (unpaired) electrons.